The average Bonchev–Trinajstić information content (AvgIpc) is 1.85. The highest BCUT2D eigenvalue weighted by atomic mass is 16.5. The molecule has 0 saturated heterocycles. The first-order valence-corrected chi connectivity index (χ1v) is 3.12. The van der Waals surface area contributed by atoms with Gasteiger partial charge in [0.05, 0.1) is 6.61 Å². The normalized spacial score (nSPS) is 8.56. The molecule has 0 rings (SSSR count). The van der Waals surface area contributed by atoms with Crippen LogP contribution in [0.3, 0.4) is 0 Å². The zero-order valence-corrected chi connectivity index (χ0v) is 5.81. The quantitative estimate of drug-likeness (QED) is 0.349. The smallest absolute Gasteiger partial charge is 0.180 e. The highest BCUT2D eigenvalue weighted by Crippen LogP contribution is 1.92. The molecule has 0 aromatic carbocycles. The molecule has 0 atom stereocenters. The van der Waals surface area contributed by atoms with Gasteiger partial charge in [0, 0.05) is 6.42 Å². The molecule has 0 amide bonds. The molecule has 0 bridgehead atoms. The lowest BCUT2D eigenvalue weighted by Crippen LogP contribution is -2.01. The summed E-state index contributed by atoms with van der Waals surface area (Å²) in [5.74, 6) is 0.359. The van der Waals surface area contributed by atoms with Crippen molar-refractivity contribution in [1.29, 1.82) is 5.41 Å². The van der Waals surface area contributed by atoms with E-state index in [9.17, 15) is 0 Å². The van der Waals surface area contributed by atoms with E-state index < -0.39 is 0 Å². The lowest BCUT2D eigenvalue weighted by molar-refractivity contribution is 0.314. The van der Waals surface area contributed by atoms with Gasteiger partial charge in [-0.25, -0.2) is 0 Å². The van der Waals surface area contributed by atoms with Crippen molar-refractivity contribution in [3.63, 3.8) is 0 Å². The minimum Gasteiger partial charge on any atom is -0.481 e. The van der Waals surface area contributed by atoms with E-state index in [1.54, 1.807) is 6.08 Å². The average molecular weight is 127 g/mol. The summed E-state index contributed by atoms with van der Waals surface area (Å²) in [5.41, 5.74) is 0. The van der Waals surface area contributed by atoms with Gasteiger partial charge in [-0.1, -0.05) is 6.08 Å². The van der Waals surface area contributed by atoms with Crippen molar-refractivity contribution in [2.24, 2.45) is 0 Å². The van der Waals surface area contributed by atoms with E-state index in [0.717, 1.165) is 6.42 Å². The molecule has 0 saturated carbocycles. The Morgan fingerprint density at radius 2 is 2.44 bits per heavy atom. The Morgan fingerprint density at radius 1 is 1.78 bits per heavy atom. The van der Waals surface area contributed by atoms with E-state index in [4.69, 9.17) is 10.1 Å². The van der Waals surface area contributed by atoms with Gasteiger partial charge in [-0.2, -0.15) is 0 Å². The summed E-state index contributed by atoms with van der Waals surface area (Å²) in [6.07, 6.45) is 3.30. The number of ether oxygens (including phenoxy) is 1. The van der Waals surface area contributed by atoms with E-state index in [2.05, 4.69) is 6.58 Å². The Morgan fingerprint density at radius 3 is 2.89 bits per heavy atom. The lowest BCUT2D eigenvalue weighted by atomic mass is 10.3. The predicted molar refractivity (Wildman–Crippen MR) is 38.8 cm³/mol. The van der Waals surface area contributed by atoms with E-state index in [1.807, 2.05) is 6.92 Å². The van der Waals surface area contributed by atoms with E-state index >= 15 is 0 Å². The molecule has 0 unspecified atom stereocenters. The Balaban J connectivity index is 3.16. The van der Waals surface area contributed by atoms with Crippen molar-refractivity contribution in [2.45, 2.75) is 19.8 Å². The molecule has 0 heterocycles. The molecule has 0 aromatic heterocycles. The fourth-order valence-electron chi connectivity index (χ4n) is 0.480. The van der Waals surface area contributed by atoms with Crippen LogP contribution in [0, 0.1) is 5.41 Å². The van der Waals surface area contributed by atoms with Crippen molar-refractivity contribution < 1.29 is 4.74 Å². The fourth-order valence-corrected chi connectivity index (χ4v) is 0.480. The van der Waals surface area contributed by atoms with Crippen LogP contribution in [-0.4, -0.2) is 12.5 Å². The standard InChI is InChI=1S/C7H13NO/c1-3-5-6-7(8)9-4-2/h3,8H,1,4-6H2,2H3. The summed E-state index contributed by atoms with van der Waals surface area (Å²) < 4.78 is 4.88. The monoisotopic (exact) mass is 127 g/mol. The molecule has 0 aliphatic rings. The minimum atomic E-state index is 0.359. The molecule has 2 heteroatoms. The molecule has 0 aliphatic carbocycles. The zero-order chi connectivity index (χ0) is 7.11. The van der Waals surface area contributed by atoms with Gasteiger partial charge in [-0.15, -0.1) is 6.58 Å². The van der Waals surface area contributed by atoms with Crippen LogP contribution in [0.15, 0.2) is 12.7 Å². The van der Waals surface area contributed by atoms with Crippen molar-refractivity contribution in [2.75, 3.05) is 6.61 Å². The highest BCUT2D eigenvalue weighted by molar-refractivity contribution is 5.72. The first kappa shape index (κ1) is 8.21. The van der Waals surface area contributed by atoms with Crippen LogP contribution in [0.4, 0.5) is 0 Å². The maximum Gasteiger partial charge on any atom is 0.180 e. The van der Waals surface area contributed by atoms with Crippen LogP contribution >= 0.6 is 0 Å². The van der Waals surface area contributed by atoms with Crippen molar-refractivity contribution in [3.05, 3.63) is 12.7 Å². The third-order valence-corrected chi connectivity index (χ3v) is 0.894. The van der Waals surface area contributed by atoms with Crippen LogP contribution < -0.4 is 0 Å². The SMILES string of the molecule is C=CCCC(=N)OCC. The van der Waals surface area contributed by atoms with Crippen molar-refractivity contribution in [1.82, 2.24) is 0 Å². The molecular formula is C7H13NO. The van der Waals surface area contributed by atoms with Crippen LogP contribution in [0.25, 0.3) is 0 Å². The van der Waals surface area contributed by atoms with Gasteiger partial charge >= 0.3 is 0 Å². The van der Waals surface area contributed by atoms with E-state index in [-0.39, 0.29) is 0 Å². The van der Waals surface area contributed by atoms with Gasteiger partial charge in [0.1, 0.15) is 0 Å². The summed E-state index contributed by atoms with van der Waals surface area (Å²) in [6, 6.07) is 0. The molecule has 52 valence electrons. The number of hydrogen-bond acceptors (Lipinski definition) is 2. The Kier molecular flexibility index (Phi) is 4.88. The number of allylic oxidation sites excluding steroid dienone is 1. The maximum absolute atomic E-state index is 7.12. The first-order chi connectivity index (χ1) is 4.31. The summed E-state index contributed by atoms with van der Waals surface area (Å²) in [4.78, 5) is 0. The summed E-state index contributed by atoms with van der Waals surface area (Å²) in [7, 11) is 0. The van der Waals surface area contributed by atoms with Gasteiger partial charge in [0.15, 0.2) is 5.90 Å². The molecule has 0 spiro atoms. The second-order valence-electron chi connectivity index (χ2n) is 1.68. The van der Waals surface area contributed by atoms with E-state index in [0.29, 0.717) is 18.9 Å². The third-order valence-electron chi connectivity index (χ3n) is 0.894. The lowest BCUT2D eigenvalue weighted by Gasteiger charge is -2.00. The van der Waals surface area contributed by atoms with Gasteiger partial charge in [-0.3, -0.25) is 5.41 Å². The summed E-state index contributed by atoms with van der Waals surface area (Å²) in [6.45, 7) is 6.01. The molecule has 0 aromatic rings. The van der Waals surface area contributed by atoms with E-state index in [1.165, 1.54) is 0 Å². The van der Waals surface area contributed by atoms with Gasteiger partial charge in [-0.05, 0) is 13.3 Å². The van der Waals surface area contributed by atoms with Crippen molar-refractivity contribution >= 4 is 5.90 Å². The Bertz CT molecular complexity index is 99.1. The summed E-state index contributed by atoms with van der Waals surface area (Å²) in [5, 5.41) is 7.12. The third kappa shape index (κ3) is 5.07. The van der Waals surface area contributed by atoms with Gasteiger partial charge in [0.25, 0.3) is 0 Å². The molecule has 0 fully saturated rings. The predicted octanol–water partition coefficient (Wildman–Crippen LogP) is 1.97. The van der Waals surface area contributed by atoms with Crippen LogP contribution in [0.5, 0.6) is 0 Å². The molecule has 9 heavy (non-hydrogen) atoms. The van der Waals surface area contributed by atoms with Crippen molar-refractivity contribution in [3.8, 4) is 0 Å². The molecule has 0 aliphatic heterocycles. The summed E-state index contributed by atoms with van der Waals surface area (Å²) >= 11 is 0. The van der Waals surface area contributed by atoms with Crippen LogP contribution in [-0.2, 0) is 4.74 Å². The molecule has 1 N–H and O–H groups in total. The van der Waals surface area contributed by atoms with Crippen LogP contribution in [0.2, 0.25) is 0 Å². The molecular weight excluding hydrogens is 114 g/mol. The van der Waals surface area contributed by atoms with Gasteiger partial charge in [0.2, 0.25) is 0 Å². The topological polar surface area (TPSA) is 33.1 Å². The second-order valence-corrected chi connectivity index (χ2v) is 1.68. The van der Waals surface area contributed by atoms with Gasteiger partial charge < -0.3 is 4.74 Å². The number of rotatable bonds is 4. The fraction of sp³-hybridized carbons (Fsp3) is 0.571. The second kappa shape index (κ2) is 5.35. The maximum atomic E-state index is 7.12. The molecule has 0 radical (unpaired) electrons. The molecule has 2 nitrogen and oxygen atoms in total. The Hall–Kier alpha value is -0.790. The zero-order valence-electron chi connectivity index (χ0n) is 5.81. The minimum absolute atomic E-state index is 0.359. The number of nitrogens with one attached hydrogen (secondary N) is 1. The highest BCUT2D eigenvalue weighted by Gasteiger charge is 1.91. The van der Waals surface area contributed by atoms with Crippen LogP contribution in [0.1, 0.15) is 19.8 Å². The number of hydrogen-bond donors (Lipinski definition) is 1. The first-order valence-electron chi connectivity index (χ1n) is 3.12. The Labute approximate surface area is 56.0 Å². The largest absolute Gasteiger partial charge is 0.481 e.